The number of nitrogens with zero attached hydrogens (tertiary/aromatic N) is 1. The van der Waals surface area contributed by atoms with E-state index >= 15 is 0 Å². The minimum Gasteiger partial charge on any atom is -0.388 e. The molecule has 90 valence electrons. The van der Waals surface area contributed by atoms with Crippen LogP contribution in [0.2, 0.25) is 0 Å². The third-order valence-electron chi connectivity index (χ3n) is 3.11. The maximum absolute atomic E-state index is 10.4. The van der Waals surface area contributed by atoms with Crippen LogP contribution in [0.3, 0.4) is 0 Å². The predicted molar refractivity (Wildman–Crippen MR) is 70.9 cm³/mol. The average molecular weight is 305 g/mol. The van der Waals surface area contributed by atoms with Crippen molar-refractivity contribution in [1.82, 2.24) is 4.98 Å². The number of anilines is 1. The zero-order chi connectivity index (χ0) is 11.6. The van der Waals surface area contributed by atoms with E-state index in [4.69, 9.17) is 0 Å². The van der Waals surface area contributed by atoms with Gasteiger partial charge in [0.2, 0.25) is 0 Å². The van der Waals surface area contributed by atoms with Crippen molar-refractivity contribution >= 4 is 32.4 Å². The van der Waals surface area contributed by atoms with Gasteiger partial charge in [-0.15, -0.1) is 11.3 Å². The molecule has 1 heterocycles. The van der Waals surface area contributed by atoms with Crippen molar-refractivity contribution in [3.05, 3.63) is 9.98 Å². The summed E-state index contributed by atoms with van der Waals surface area (Å²) in [5.41, 5.74) is -0.546. The van der Waals surface area contributed by atoms with Crippen LogP contribution in [0.5, 0.6) is 0 Å². The SMILES string of the molecule is CC1CCCC(O)(CNc2nc(Br)cs2)C1. The molecule has 0 radical (unpaired) electrons. The number of halogens is 1. The van der Waals surface area contributed by atoms with Crippen LogP contribution in [-0.2, 0) is 0 Å². The third kappa shape index (κ3) is 3.18. The van der Waals surface area contributed by atoms with Gasteiger partial charge in [-0.05, 0) is 34.7 Å². The molecule has 2 unspecified atom stereocenters. The van der Waals surface area contributed by atoms with Crippen molar-refractivity contribution in [3.8, 4) is 0 Å². The van der Waals surface area contributed by atoms with Crippen molar-refractivity contribution in [2.45, 2.75) is 38.2 Å². The van der Waals surface area contributed by atoms with Gasteiger partial charge in [0.25, 0.3) is 0 Å². The second-order valence-corrected chi connectivity index (χ2v) is 6.43. The van der Waals surface area contributed by atoms with E-state index < -0.39 is 5.60 Å². The van der Waals surface area contributed by atoms with Gasteiger partial charge in [0.1, 0.15) is 4.60 Å². The molecular weight excluding hydrogens is 288 g/mol. The topological polar surface area (TPSA) is 45.1 Å². The molecule has 1 aromatic rings. The Kier molecular flexibility index (Phi) is 3.87. The van der Waals surface area contributed by atoms with Crippen molar-refractivity contribution < 1.29 is 5.11 Å². The predicted octanol–water partition coefficient (Wildman–Crippen LogP) is 3.26. The normalized spacial score (nSPS) is 30.3. The van der Waals surface area contributed by atoms with Crippen LogP contribution in [0.4, 0.5) is 5.13 Å². The Labute approximate surface area is 108 Å². The Morgan fingerprint density at radius 3 is 3.19 bits per heavy atom. The second kappa shape index (κ2) is 5.02. The summed E-state index contributed by atoms with van der Waals surface area (Å²) >= 11 is 4.88. The van der Waals surface area contributed by atoms with Gasteiger partial charge in [-0.2, -0.15) is 0 Å². The molecule has 16 heavy (non-hydrogen) atoms. The third-order valence-corrected chi connectivity index (χ3v) is 4.62. The van der Waals surface area contributed by atoms with Gasteiger partial charge in [0.05, 0.1) is 5.60 Å². The molecule has 1 saturated carbocycles. The van der Waals surface area contributed by atoms with E-state index in [1.54, 1.807) is 11.3 Å². The van der Waals surface area contributed by atoms with E-state index in [0.29, 0.717) is 12.5 Å². The first-order chi connectivity index (χ1) is 7.57. The fourth-order valence-electron chi connectivity index (χ4n) is 2.37. The van der Waals surface area contributed by atoms with E-state index in [0.717, 1.165) is 29.0 Å². The second-order valence-electron chi connectivity index (χ2n) is 4.75. The first kappa shape index (κ1) is 12.3. The first-order valence-corrected chi connectivity index (χ1v) is 7.32. The Morgan fingerprint density at radius 1 is 1.75 bits per heavy atom. The van der Waals surface area contributed by atoms with Crippen molar-refractivity contribution in [3.63, 3.8) is 0 Å². The van der Waals surface area contributed by atoms with E-state index in [1.165, 1.54) is 6.42 Å². The molecule has 1 aromatic heterocycles. The maximum atomic E-state index is 10.4. The number of thiazole rings is 1. The molecule has 0 spiro atoms. The largest absolute Gasteiger partial charge is 0.388 e. The van der Waals surface area contributed by atoms with Crippen molar-refractivity contribution in [1.29, 1.82) is 0 Å². The summed E-state index contributed by atoms with van der Waals surface area (Å²) in [6.07, 6.45) is 4.16. The molecule has 0 aromatic carbocycles. The minimum absolute atomic E-state index is 0.546. The summed E-state index contributed by atoms with van der Waals surface area (Å²) in [5, 5.41) is 16.5. The first-order valence-electron chi connectivity index (χ1n) is 5.65. The van der Waals surface area contributed by atoms with Gasteiger partial charge in [-0.1, -0.05) is 19.8 Å². The molecule has 0 saturated heterocycles. The molecular formula is C11H17BrN2OS. The van der Waals surface area contributed by atoms with Crippen LogP contribution in [0.25, 0.3) is 0 Å². The van der Waals surface area contributed by atoms with Gasteiger partial charge in [-0.25, -0.2) is 4.98 Å². The molecule has 0 aliphatic heterocycles. The van der Waals surface area contributed by atoms with Gasteiger partial charge in [-0.3, -0.25) is 0 Å². The van der Waals surface area contributed by atoms with Gasteiger partial charge in [0.15, 0.2) is 5.13 Å². The Morgan fingerprint density at radius 2 is 2.56 bits per heavy atom. The number of aliphatic hydroxyl groups is 1. The zero-order valence-electron chi connectivity index (χ0n) is 9.37. The van der Waals surface area contributed by atoms with Gasteiger partial charge < -0.3 is 10.4 Å². The Bertz CT molecular complexity index is 358. The number of hydrogen-bond acceptors (Lipinski definition) is 4. The molecule has 2 atom stereocenters. The Balaban J connectivity index is 1.88. The summed E-state index contributed by atoms with van der Waals surface area (Å²) in [6, 6.07) is 0. The fourth-order valence-corrected chi connectivity index (χ4v) is 3.51. The monoisotopic (exact) mass is 304 g/mol. The quantitative estimate of drug-likeness (QED) is 0.901. The molecule has 0 amide bonds. The highest BCUT2D eigenvalue weighted by Gasteiger charge is 2.32. The number of nitrogens with one attached hydrogen (secondary N) is 1. The highest BCUT2D eigenvalue weighted by atomic mass is 79.9. The zero-order valence-corrected chi connectivity index (χ0v) is 11.8. The lowest BCUT2D eigenvalue weighted by Crippen LogP contribution is -2.41. The van der Waals surface area contributed by atoms with Crippen LogP contribution in [-0.4, -0.2) is 22.2 Å². The fraction of sp³-hybridized carbons (Fsp3) is 0.727. The smallest absolute Gasteiger partial charge is 0.183 e. The molecule has 3 nitrogen and oxygen atoms in total. The number of rotatable bonds is 3. The molecule has 2 rings (SSSR count). The molecule has 5 heteroatoms. The molecule has 1 fully saturated rings. The molecule has 1 aliphatic rings. The van der Waals surface area contributed by atoms with Gasteiger partial charge in [0, 0.05) is 11.9 Å². The minimum atomic E-state index is -0.546. The highest BCUT2D eigenvalue weighted by molar-refractivity contribution is 9.10. The lowest BCUT2D eigenvalue weighted by Gasteiger charge is -2.35. The molecule has 1 aliphatic carbocycles. The average Bonchev–Trinajstić information content (AvgIpc) is 2.61. The maximum Gasteiger partial charge on any atom is 0.183 e. The lowest BCUT2D eigenvalue weighted by atomic mass is 9.79. The summed E-state index contributed by atoms with van der Waals surface area (Å²) < 4.78 is 0.851. The Hall–Kier alpha value is -0.130. The van der Waals surface area contributed by atoms with Crippen LogP contribution in [0.15, 0.2) is 9.98 Å². The van der Waals surface area contributed by atoms with Crippen LogP contribution < -0.4 is 5.32 Å². The summed E-state index contributed by atoms with van der Waals surface area (Å²) in [4.78, 5) is 4.26. The molecule has 2 N–H and O–H groups in total. The van der Waals surface area contributed by atoms with E-state index in [-0.39, 0.29) is 0 Å². The van der Waals surface area contributed by atoms with E-state index in [1.807, 2.05) is 5.38 Å². The highest BCUT2D eigenvalue weighted by Crippen LogP contribution is 2.32. The van der Waals surface area contributed by atoms with Crippen LogP contribution >= 0.6 is 27.3 Å². The number of hydrogen-bond donors (Lipinski definition) is 2. The summed E-state index contributed by atoms with van der Waals surface area (Å²) in [5.74, 6) is 0.628. The van der Waals surface area contributed by atoms with E-state index in [9.17, 15) is 5.11 Å². The standard InChI is InChI=1S/C11H17BrN2OS/c1-8-3-2-4-11(15,5-8)7-13-10-14-9(12)6-16-10/h6,8,15H,2-5,7H2,1H3,(H,13,14). The summed E-state index contributed by atoms with van der Waals surface area (Å²) in [6.45, 7) is 2.82. The van der Waals surface area contributed by atoms with E-state index in [2.05, 4.69) is 33.2 Å². The number of aromatic nitrogens is 1. The van der Waals surface area contributed by atoms with Crippen molar-refractivity contribution in [2.24, 2.45) is 5.92 Å². The van der Waals surface area contributed by atoms with Crippen LogP contribution in [0, 0.1) is 5.92 Å². The lowest BCUT2D eigenvalue weighted by molar-refractivity contribution is -0.000765. The molecule has 0 bridgehead atoms. The van der Waals surface area contributed by atoms with Crippen molar-refractivity contribution in [2.75, 3.05) is 11.9 Å². The van der Waals surface area contributed by atoms with Crippen LogP contribution in [0.1, 0.15) is 32.6 Å². The van der Waals surface area contributed by atoms with Gasteiger partial charge >= 0.3 is 0 Å². The summed E-state index contributed by atoms with van der Waals surface area (Å²) in [7, 11) is 0.